The number of Topliss-reactive ketones (excluding diaryl/α,β-unsaturated/α-hetero) is 1. The maximum atomic E-state index is 14.3. The summed E-state index contributed by atoms with van der Waals surface area (Å²) in [6, 6.07) is 2.17. The number of esters is 1. The van der Waals surface area contributed by atoms with Crippen molar-refractivity contribution in [3.05, 3.63) is 23.3 Å². The van der Waals surface area contributed by atoms with Crippen LogP contribution >= 0.6 is 0 Å². The summed E-state index contributed by atoms with van der Waals surface area (Å²) in [6.07, 6.45) is 9.10. The second-order valence-electron chi connectivity index (χ2n) is 14.9. The molecule has 3 fully saturated rings. The molecular weight excluding hydrogens is 462 g/mol. The van der Waals surface area contributed by atoms with Crippen molar-refractivity contribution >= 4 is 17.5 Å². The first kappa shape index (κ1) is 26.4. The van der Waals surface area contributed by atoms with E-state index in [1.165, 1.54) is 7.11 Å². The molecule has 200 valence electrons. The van der Waals surface area contributed by atoms with Crippen molar-refractivity contribution < 1.29 is 19.1 Å². The fourth-order valence-corrected chi connectivity index (χ4v) is 10.3. The molecule has 3 unspecified atom stereocenters. The molecule has 0 N–H and O–H groups in total. The van der Waals surface area contributed by atoms with E-state index >= 15 is 0 Å². The zero-order valence-electron chi connectivity index (χ0n) is 23.9. The van der Waals surface area contributed by atoms with E-state index in [0.29, 0.717) is 6.42 Å². The number of hydrogen-bond donors (Lipinski definition) is 0. The molecule has 0 amide bonds. The van der Waals surface area contributed by atoms with Gasteiger partial charge < -0.3 is 4.74 Å². The van der Waals surface area contributed by atoms with E-state index in [4.69, 9.17) is 4.74 Å². The third-order valence-corrected chi connectivity index (χ3v) is 12.2. The standard InChI is InChI=1S/C32H43NO4/c1-28(2)11-9-19-20(15-28)25-22(34)13-24-30(5)14-18(17-33)26(35)29(3,4)23(30)10-12-31(24,6)32(25,7)16-21(19)27(36)37-8/h13-14,19-21,23,25H,9-12,15-16H2,1-8H3/t19?,20?,21-,23-,25?,30-,31+,32+/m0/s1. The summed E-state index contributed by atoms with van der Waals surface area (Å²) in [5.74, 6) is -0.0760. The number of hydrogen-bond acceptors (Lipinski definition) is 5. The Morgan fingerprint density at radius 3 is 2.30 bits per heavy atom. The molecule has 0 heterocycles. The smallest absolute Gasteiger partial charge is 0.308 e. The number of methoxy groups -OCH3 is 1. The van der Waals surface area contributed by atoms with E-state index in [9.17, 15) is 19.6 Å². The predicted molar refractivity (Wildman–Crippen MR) is 141 cm³/mol. The highest BCUT2D eigenvalue weighted by molar-refractivity contribution is 6.04. The van der Waals surface area contributed by atoms with Crippen LogP contribution < -0.4 is 0 Å². The van der Waals surface area contributed by atoms with Gasteiger partial charge in [-0.25, -0.2) is 0 Å². The second-order valence-corrected chi connectivity index (χ2v) is 14.9. The van der Waals surface area contributed by atoms with Crippen LogP contribution in [0.25, 0.3) is 0 Å². The number of ketones is 2. The minimum Gasteiger partial charge on any atom is -0.469 e. The van der Waals surface area contributed by atoms with Crippen molar-refractivity contribution in [1.82, 2.24) is 0 Å². The Hall–Kier alpha value is -2.22. The number of nitriles is 1. The summed E-state index contributed by atoms with van der Waals surface area (Å²) in [6.45, 7) is 15.2. The molecule has 0 radical (unpaired) electrons. The van der Waals surface area contributed by atoms with Crippen LogP contribution in [-0.2, 0) is 19.1 Å². The zero-order chi connectivity index (χ0) is 27.3. The molecule has 37 heavy (non-hydrogen) atoms. The molecule has 8 atom stereocenters. The molecule has 0 aromatic heterocycles. The Balaban J connectivity index is 1.71. The maximum Gasteiger partial charge on any atom is 0.308 e. The highest BCUT2D eigenvalue weighted by Crippen LogP contribution is 2.73. The lowest BCUT2D eigenvalue weighted by Crippen LogP contribution is -2.65. The number of rotatable bonds is 1. The molecule has 0 aromatic carbocycles. The Kier molecular flexibility index (Phi) is 5.64. The van der Waals surface area contributed by atoms with Gasteiger partial charge in [-0.15, -0.1) is 0 Å². The number of carbonyl (C=O) groups excluding carboxylic acids is 3. The van der Waals surface area contributed by atoms with Crippen LogP contribution in [0, 0.1) is 68.0 Å². The average Bonchev–Trinajstić information content (AvgIpc) is 2.81. The van der Waals surface area contributed by atoms with Crippen molar-refractivity contribution in [2.45, 2.75) is 87.0 Å². The predicted octanol–water partition coefficient (Wildman–Crippen LogP) is 6.23. The fraction of sp³-hybridized carbons (Fsp3) is 0.750. The van der Waals surface area contributed by atoms with Gasteiger partial charge in [0.1, 0.15) is 6.07 Å². The summed E-state index contributed by atoms with van der Waals surface area (Å²) < 4.78 is 5.36. The van der Waals surface area contributed by atoms with Crippen LogP contribution in [0.3, 0.4) is 0 Å². The van der Waals surface area contributed by atoms with E-state index in [2.05, 4.69) is 40.7 Å². The molecule has 5 aliphatic rings. The first-order chi connectivity index (χ1) is 17.1. The molecule has 0 saturated heterocycles. The van der Waals surface area contributed by atoms with Gasteiger partial charge in [0.05, 0.1) is 18.6 Å². The van der Waals surface area contributed by atoms with Crippen molar-refractivity contribution in [3.63, 3.8) is 0 Å². The van der Waals surface area contributed by atoms with E-state index in [1.807, 2.05) is 26.0 Å². The molecular formula is C32H43NO4. The van der Waals surface area contributed by atoms with Crippen molar-refractivity contribution in [3.8, 4) is 6.07 Å². The summed E-state index contributed by atoms with van der Waals surface area (Å²) in [5.41, 5.74) is -0.595. The summed E-state index contributed by atoms with van der Waals surface area (Å²) in [5, 5.41) is 9.87. The normalized spacial score (nSPS) is 45.6. The van der Waals surface area contributed by atoms with Crippen LogP contribution in [0.4, 0.5) is 0 Å². The van der Waals surface area contributed by atoms with E-state index < -0.39 is 16.2 Å². The first-order valence-corrected chi connectivity index (χ1v) is 14.1. The molecule has 3 saturated carbocycles. The number of ether oxygens (including phenoxy) is 1. The highest BCUT2D eigenvalue weighted by Gasteiger charge is 2.69. The van der Waals surface area contributed by atoms with Crippen molar-refractivity contribution in [2.75, 3.05) is 7.11 Å². The van der Waals surface area contributed by atoms with E-state index in [1.54, 1.807) is 0 Å². The Morgan fingerprint density at radius 1 is 1.00 bits per heavy atom. The number of fused-ring (bicyclic) bond motifs is 7. The average molecular weight is 506 g/mol. The lowest BCUT2D eigenvalue weighted by atomic mass is 9.35. The Labute approximate surface area is 222 Å². The van der Waals surface area contributed by atoms with Gasteiger partial charge in [0.15, 0.2) is 11.6 Å². The summed E-state index contributed by atoms with van der Waals surface area (Å²) in [4.78, 5) is 40.7. The second kappa shape index (κ2) is 7.90. The number of nitrogens with zero attached hydrogens (tertiary/aromatic N) is 1. The highest BCUT2D eigenvalue weighted by atomic mass is 16.5. The topological polar surface area (TPSA) is 84.2 Å². The van der Waals surface area contributed by atoms with Crippen molar-refractivity contribution in [2.24, 2.45) is 56.7 Å². The lowest BCUT2D eigenvalue weighted by molar-refractivity contribution is -0.179. The van der Waals surface area contributed by atoms with Gasteiger partial charge in [-0.05, 0) is 78.6 Å². The zero-order valence-corrected chi connectivity index (χ0v) is 23.9. The van der Waals surface area contributed by atoms with Crippen LogP contribution in [0.15, 0.2) is 23.3 Å². The molecule has 5 heteroatoms. The van der Waals surface area contributed by atoms with Crippen molar-refractivity contribution in [1.29, 1.82) is 5.26 Å². The van der Waals surface area contributed by atoms with Gasteiger partial charge >= 0.3 is 5.97 Å². The fourth-order valence-electron chi connectivity index (χ4n) is 10.3. The van der Waals surface area contributed by atoms with Gasteiger partial charge in [-0.2, -0.15) is 5.26 Å². The molecule has 5 aliphatic carbocycles. The minimum atomic E-state index is -0.683. The molecule has 5 nitrogen and oxygen atoms in total. The van der Waals surface area contributed by atoms with Gasteiger partial charge in [0, 0.05) is 16.7 Å². The Bertz CT molecular complexity index is 1180. The van der Waals surface area contributed by atoms with E-state index in [-0.39, 0.29) is 63.5 Å². The molecule has 0 aliphatic heterocycles. The third-order valence-electron chi connectivity index (χ3n) is 12.2. The quantitative estimate of drug-likeness (QED) is 0.394. The summed E-state index contributed by atoms with van der Waals surface area (Å²) in [7, 11) is 1.49. The van der Waals surface area contributed by atoms with Gasteiger partial charge in [0.2, 0.25) is 0 Å². The third kappa shape index (κ3) is 3.29. The van der Waals surface area contributed by atoms with Crippen LogP contribution in [0.5, 0.6) is 0 Å². The molecule has 0 aromatic rings. The number of carbonyl (C=O) groups is 3. The molecule has 5 rings (SSSR count). The molecule has 0 spiro atoms. The number of allylic oxidation sites excluding steroid dienone is 4. The first-order valence-electron chi connectivity index (χ1n) is 14.1. The van der Waals surface area contributed by atoms with Crippen LogP contribution in [0.2, 0.25) is 0 Å². The minimum absolute atomic E-state index is 0.0123. The largest absolute Gasteiger partial charge is 0.469 e. The molecule has 0 bridgehead atoms. The maximum absolute atomic E-state index is 14.3. The monoisotopic (exact) mass is 505 g/mol. The van der Waals surface area contributed by atoms with Crippen LogP contribution in [0.1, 0.15) is 87.0 Å². The van der Waals surface area contributed by atoms with Gasteiger partial charge in [-0.3, -0.25) is 14.4 Å². The SMILES string of the molecule is COC(=O)[C@H]1C[C@]2(C)C(C(=O)C=C3[C@@]4(C)C=C(C#N)C(=O)C(C)(C)[C@@H]4CC[C@]32C)C2CC(C)(C)CCC21. The van der Waals surface area contributed by atoms with Gasteiger partial charge in [0.25, 0.3) is 0 Å². The van der Waals surface area contributed by atoms with E-state index in [0.717, 1.165) is 37.7 Å². The van der Waals surface area contributed by atoms with Crippen LogP contribution in [-0.4, -0.2) is 24.6 Å². The summed E-state index contributed by atoms with van der Waals surface area (Å²) >= 11 is 0. The van der Waals surface area contributed by atoms with Gasteiger partial charge in [-0.1, -0.05) is 60.1 Å². The Morgan fingerprint density at radius 2 is 1.68 bits per heavy atom. The lowest BCUT2D eigenvalue weighted by Gasteiger charge is -2.68.